The van der Waals surface area contributed by atoms with Gasteiger partial charge in [-0.25, -0.2) is 4.98 Å². The number of nitrogens with zero attached hydrogens (tertiary/aromatic N) is 3. The molecular formula is C16H20F3N5. The number of aliphatic imine (C=N–C) groups is 1. The van der Waals surface area contributed by atoms with Crippen LogP contribution >= 0.6 is 0 Å². The minimum atomic E-state index is -4.31. The lowest BCUT2D eigenvalue weighted by atomic mass is 10.1. The number of halogens is 3. The van der Waals surface area contributed by atoms with Crippen molar-refractivity contribution in [1.29, 1.82) is 0 Å². The summed E-state index contributed by atoms with van der Waals surface area (Å²) in [6.45, 7) is 1.98. The Kier molecular flexibility index (Phi) is 6.22. The first kappa shape index (κ1) is 17.8. The number of guanidine groups is 1. The number of aromatic nitrogens is 2. The number of benzene rings is 1. The molecule has 1 aromatic heterocycles. The molecule has 0 atom stereocenters. The van der Waals surface area contributed by atoms with Crippen LogP contribution in [0.15, 0.2) is 48.0 Å². The molecule has 130 valence electrons. The fourth-order valence-electron chi connectivity index (χ4n) is 2.11. The number of aryl methyl sites for hydroxylation is 1. The number of hydrogen-bond acceptors (Lipinski definition) is 2. The summed E-state index contributed by atoms with van der Waals surface area (Å²) in [4.78, 5) is 8.06. The SMILES string of the molecule is CN=C(NCCCn1ccnc1)NCc1ccc(C(F)(F)F)cc1. The summed E-state index contributed by atoms with van der Waals surface area (Å²) in [5.41, 5.74) is 0.109. The van der Waals surface area contributed by atoms with Crippen LogP contribution in [0.25, 0.3) is 0 Å². The maximum absolute atomic E-state index is 12.5. The molecule has 0 aliphatic carbocycles. The van der Waals surface area contributed by atoms with Gasteiger partial charge in [0.1, 0.15) is 0 Å². The highest BCUT2D eigenvalue weighted by Gasteiger charge is 2.29. The van der Waals surface area contributed by atoms with Gasteiger partial charge in [0.25, 0.3) is 0 Å². The number of imidazole rings is 1. The molecule has 0 aliphatic heterocycles. The molecule has 2 N–H and O–H groups in total. The predicted molar refractivity (Wildman–Crippen MR) is 86.5 cm³/mol. The van der Waals surface area contributed by atoms with Gasteiger partial charge in [-0.2, -0.15) is 13.2 Å². The normalized spacial score (nSPS) is 12.2. The first-order chi connectivity index (χ1) is 11.5. The van der Waals surface area contributed by atoms with E-state index in [9.17, 15) is 13.2 Å². The van der Waals surface area contributed by atoms with Gasteiger partial charge in [-0.3, -0.25) is 4.99 Å². The molecule has 2 aromatic rings. The quantitative estimate of drug-likeness (QED) is 0.483. The van der Waals surface area contributed by atoms with Crippen molar-refractivity contribution >= 4 is 5.96 Å². The Bertz CT molecular complexity index is 633. The molecule has 0 fully saturated rings. The lowest BCUT2D eigenvalue weighted by Crippen LogP contribution is -2.37. The first-order valence-corrected chi connectivity index (χ1v) is 7.55. The summed E-state index contributed by atoms with van der Waals surface area (Å²) in [6.07, 6.45) is 1.99. The van der Waals surface area contributed by atoms with E-state index in [0.29, 0.717) is 12.5 Å². The molecule has 0 saturated carbocycles. The largest absolute Gasteiger partial charge is 0.416 e. The van der Waals surface area contributed by atoms with Gasteiger partial charge in [0, 0.05) is 39.1 Å². The monoisotopic (exact) mass is 339 g/mol. The lowest BCUT2D eigenvalue weighted by molar-refractivity contribution is -0.137. The number of hydrogen-bond donors (Lipinski definition) is 2. The maximum atomic E-state index is 12.5. The average molecular weight is 339 g/mol. The second-order valence-electron chi connectivity index (χ2n) is 5.20. The van der Waals surface area contributed by atoms with E-state index in [-0.39, 0.29) is 0 Å². The molecule has 8 heteroatoms. The second kappa shape index (κ2) is 8.37. The average Bonchev–Trinajstić information content (AvgIpc) is 3.07. The summed E-state index contributed by atoms with van der Waals surface area (Å²) in [6, 6.07) is 5.08. The van der Waals surface area contributed by atoms with E-state index in [1.165, 1.54) is 12.1 Å². The van der Waals surface area contributed by atoms with Crippen LogP contribution in [0.4, 0.5) is 13.2 Å². The molecule has 0 radical (unpaired) electrons. The molecule has 2 rings (SSSR count). The smallest absolute Gasteiger partial charge is 0.356 e. The van der Waals surface area contributed by atoms with E-state index in [1.807, 2.05) is 10.8 Å². The van der Waals surface area contributed by atoms with Gasteiger partial charge >= 0.3 is 6.18 Å². The Labute approximate surface area is 138 Å². The number of nitrogens with one attached hydrogen (secondary N) is 2. The molecule has 0 aliphatic rings. The Hall–Kier alpha value is -2.51. The van der Waals surface area contributed by atoms with Crippen LogP contribution in [0.3, 0.4) is 0 Å². The second-order valence-corrected chi connectivity index (χ2v) is 5.20. The van der Waals surface area contributed by atoms with Crippen LogP contribution in [0.5, 0.6) is 0 Å². The van der Waals surface area contributed by atoms with Gasteiger partial charge in [0.2, 0.25) is 0 Å². The van der Waals surface area contributed by atoms with Crippen molar-refractivity contribution < 1.29 is 13.2 Å². The highest BCUT2D eigenvalue weighted by Crippen LogP contribution is 2.28. The third-order valence-electron chi connectivity index (χ3n) is 3.41. The van der Waals surface area contributed by atoms with E-state index in [2.05, 4.69) is 20.6 Å². The van der Waals surface area contributed by atoms with Gasteiger partial charge in [0.05, 0.1) is 11.9 Å². The van der Waals surface area contributed by atoms with E-state index in [4.69, 9.17) is 0 Å². The van der Waals surface area contributed by atoms with Crippen LogP contribution in [-0.2, 0) is 19.3 Å². The standard InChI is InChI=1S/C16H20F3N5/c1-20-15(22-7-2-9-24-10-8-21-12-24)23-11-13-3-5-14(6-4-13)16(17,18)19/h3-6,8,10,12H,2,7,9,11H2,1H3,(H2,20,22,23). The van der Waals surface area contributed by atoms with Crippen LogP contribution in [0.1, 0.15) is 17.5 Å². The van der Waals surface area contributed by atoms with Gasteiger partial charge < -0.3 is 15.2 Å². The third kappa shape index (κ3) is 5.60. The van der Waals surface area contributed by atoms with Crippen molar-refractivity contribution in [2.24, 2.45) is 4.99 Å². The van der Waals surface area contributed by atoms with Crippen molar-refractivity contribution in [3.63, 3.8) is 0 Å². The van der Waals surface area contributed by atoms with Crippen molar-refractivity contribution in [3.05, 3.63) is 54.1 Å². The Balaban J connectivity index is 1.73. The predicted octanol–water partition coefficient (Wildman–Crippen LogP) is 2.66. The van der Waals surface area contributed by atoms with Gasteiger partial charge in [-0.05, 0) is 24.1 Å². The summed E-state index contributed by atoms with van der Waals surface area (Å²) >= 11 is 0. The van der Waals surface area contributed by atoms with Crippen molar-refractivity contribution in [2.75, 3.05) is 13.6 Å². The van der Waals surface area contributed by atoms with E-state index >= 15 is 0 Å². The Morgan fingerprint density at radius 2 is 1.96 bits per heavy atom. The zero-order valence-corrected chi connectivity index (χ0v) is 13.3. The summed E-state index contributed by atoms with van der Waals surface area (Å²) < 4.78 is 39.5. The fourth-order valence-corrected chi connectivity index (χ4v) is 2.11. The van der Waals surface area contributed by atoms with E-state index in [1.54, 1.807) is 19.6 Å². The van der Waals surface area contributed by atoms with Gasteiger partial charge in [-0.1, -0.05) is 12.1 Å². The highest BCUT2D eigenvalue weighted by molar-refractivity contribution is 5.79. The first-order valence-electron chi connectivity index (χ1n) is 7.55. The molecule has 5 nitrogen and oxygen atoms in total. The molecule has 1 aromatic carbocycles. The van der Waals surface area contributed by atoms with Gasteiger partial charge in [0.15, 0.2) is 5.96 Å². The molecule has 24 heavy (non-hydrogen) atoms. The molecule has 1 heterocycles. The third-order valence-corrected chi connectivity index (χ3v) is 3.41. The van der Waals surface area contributed by atoms with Crippen LogP contribution < -0.4 is 10.6 Å². The highest BCUT2D eigenvalue weighted by atomic mass is 19.4. The van der Waals surface area contributed by atoms with E-state index in [0.717, 1.165) is 37.2 Å². The zero-order valence-electron chi connectivity index (χ0n) is 13.3. The minimum Gasteiger partial charge on any atom is -0.356 e. The van der Waals surface area contributed by atoms with Crippen molar-refractivity contribution in [1.82, 2.24) is 20.2 Å². The maximum Gasteiger partial charge on any atom is 0.416 e. The fraction of sp³-hybridized carbons (Fsp3) is 0.375. The summed E-state index contributed by atoms with van der Waals surface area (Å²) in [5.74, 6) is 0.612. The molecule has 0 unspecified atom stereocenters. The summed E-state index contributed by atoms with van der Waals surface area (Å²) in [7, 11) is 1.65. The van der Waals surface area contributed by atoms with E-state index < -0.39 is 11.7 Å². The van der Waals surface area contributed by atoms with Crippen LogP contribution in [-0.4, -0.2) is 29.1 Å². The van der Waals surface area contributed by atoms with Gasteiger partial charge in [-0.15, -0.1) is 0 Å². The molecule has 0 saturated heterocycles. The molecule has 0 amide bonds. The molecular weight excluding hydrogens is 319 g/mol. The number of alkyl halides is 3. The zero-order chi connectivity index (χ0) is 17.4. The van der Waals surface area contributed by atoms with Crippen molar-refractivity contribution in [2.45, 2.75) is 25.7 Å². The Morgan fingerprint density at radius 1 is 1.21 bits per heavy atom. The van der Waals surface area contributed by atoms with Crippen LogP contribution in [0, 0.1) is 0 Å². The lowest BCUT2D eigenvalue weighted by Gasteiger charge is -2.13. The molecule has 0 bridgehead atoms. The number of rotatable bonds is 6. The Morgan fingerprint density at radius 3 is 2.54 bits per heavy atom. The molecule has 0 spiro atoms. The minimum absolute atomic E-state index is 0.402. The summed E-state index contributed by atoms with van der Waals surface area (Å²) in [5, 5.41) is 6.24. The topological polar surface area (TPSA) is 54.2 Å². The van der Waals surface area contributed by atoms with Crippen molar-refractivity contribution in [3.8, 4) is 0 Å². The van der Waals surface area contributed by atoms with Crippen LogP contribution in [0.2, 0.25) is 0 Å².